The van der Waals surface area contributed by atoms with Crippen molar-refractivity contribution < 1.29 is 0 Å². The summed E-state index contributed by atoms with van der Waals surface area (Å²) in [6, 6.07) is 11.2. The van der Waals surface area contributed by atoms with Gasteiger partial charge in [-0.15, -0.1) is 0 Å². The lowest BCUT2D eigenvalue weighted by atomic mass is 10.1. The van der Waals surface area contributed by atoms with Crippen molar-refractivity contribution in [3.8, 4) is 0 Å². The fourth-order valence-corrected chi connectivity index (χ4v) is 3.27. The SMILES string of the molecule is CCC(CC)n1c(=O)ccc2cnc(NC(C)c3ccc(Cl)cc3)nc21. The minimum atomic E-state index is -0.0263. The van der Waals surface area contributed by atoms with Crippen LogP contribution in [0, 0.1) is 0 Å². The van der Waals surface area contributed by atoms with E-state index in [9.17, 15) is 4.79 Å². The number of rotatable bonds is 6. The number of hydrogen-bond donors (Lipinski definition) is 1. The Bertz CT molecular complexity index is 948. The van der Waals surface area contributed by atoms with Crippen molar-refractivity contribution in [2.75, 3.05) is 5.32 Å². The molecule has 6 heteroatoms. The molecule has 0 bridgehead atoms. The number of nitrogens with one attached hydrogen (secondary N) is 1. The number of fused-ring (bicyclic) bond motifs is 1. The smallest absolute Gasteiger partial charge is 0.252 e. The molecule has 0 spiro atoms. The van der Waals surface area contributed by atoms with Crippen LogP contribution in [0.2, 0.25) is 5.02 Å². The van der Waals surface area contributed by atoms with Crippen LogP contribution in [-0.2, 0) is 0 Å². The molecular formula is C20H23ClN4O. The standard InChI is InChI=1S/C20H23ClN4O/c1-4-17(5-2)25-18(26)11-8-15-12-22-20(24-19(15)25)23-13(3)14-6-9-16(21)10-7-14/h6-13,17H,4-5H2,1-3H3,(H,22,23,24). The predicted molar refractivity (Wildman–Crippen MR) is 107 cm³/mol. The fraction of sp³-hybridized carbons (Fsp3) is 0.350. The van der Waals surface area contributed by atoms with Gasteiger partial charge in [-0.2, -0.15) is 4.98 Å². The van der Waals surface area contributed by atoms with Crippen molar-refractivity contribution in [2.45, 2.75) is 45.7 Å². The van der Waals surface area contributed by atoms with Crippen LogP contribution in [0.5, 0.6) is 0 Å². The molecular weight excluding hydrogens is 348 g/mol. The highest BCUT2D eigenvalue weighted by Crippen LogP contribution is 2.22. The number of halogens is 1. The van der Waals surface area contributed by atoms with Crippen LogP contribution in [0.15, 0.2) is 47.4 Å². The maximum Gasteiger partial charge on any atom is 0.252 e. The summed E-state index contributed by atoms with van der Waals surface area (Å²) in [4.78, 5) is 21.5. The molecule has 3 aromatic rings. The molecule has 1 N–H and O–H groups in total. The zero-order valence-electron chi connectivity index (χ0n) is 15.2. The summed E-state index contributed by atoms with van der Waals surface area (Å²) in [5.74, 6) is 0.505. The molecule has 3 rings (SSSR count). The zero-order valence-corrected chi connectivity index (χ0v) is 16.0. The van der Waals surface area contributed by atoms with E-state index >= 15 is 0 Å². The first-order chi connectivity index (χ1) is 12.5. The van der Waals surface area contributed by atoms with E-state index in [1.807, 2.05) is 31.2 Å². The van der Waals surface area contributed by atoms with Gasteiger partial charge >= 0.3 is 0 Å². The van der Waals surface area contributed by atoms with Gasteiger partial charge in [0, 0.05) is 28.7 Å². The molecule has 0 saturated heterocycles. The summed E-state index contributed by atoms with van der Waals surface area (Å²) < 4.78 is 1.79. The van der Waals surface area contributed by atoms with E-state index in [2.05, 4.69) is 29.1 Å². The van der Waals surface area contributed by atoms with Gasteiger partial charge in [0.25, 0.3) is 5.56 Å². The second-order valence-corrected chi connectivity index (χ2v) is 6.84. The van der Waals surface area contributed by atoms with E-state index in [4.69, 9.17) is 11.6 Å². The molecule has 2 aromatic heterocycles. The van der Waals surface area contributed by atoms with Gasteiger partial charge in [0.15, 0.2) is 0 Å². The lowest BCUT2D eigenvalue weighted by Crippen LogP contribution is -2.25. The van der Waals surface area contributed by atoms with Crippen molar-refractivity contribution in [1.29, 1.82) is 0 Å². The average Bonchev–Trinajstić information content (AvgIpc) is 2.65. The van der Waals surface area contributed by atoms with Gasteiger partial charge in [0.2, 0.25) is 5.95 Å². The summed E-state index contributed by atoms with van der Waals surface area (Å²) >= 11 is 5.95. The van der Waals surface area contributed by atoms with Crippen LogP contribution >= 0.6 is 11.6 Å². The molecule has 26 heavy (non-hydrogen) atoms. The molecule has 5 nitrogen and oxygen atoms in total. The van der Waals surface area contributed by atoms with Gasteiger partial charge in [-0.1, -0.05) is 37.6 Å². The summed E-state index contributed by atoms with van der Waals surface area (Å²) in [7, 11) is 0. The Hall–Kier alpha value is -2.40. The summed E-state index contributed by atoms with van der Waals surface area (Å²) in [6.45, 7) is 6.21. The number of anilines is 1. The third kappa shape index (κ3) is 3.73. The lowest BCUT2D eigenvalue weighted by Gasteiger charge is -2.19. The molecule has 1 atom stereocenters. The van der Waals surface area contributed by atoms with Crippen LogP contribution in [0.3, 0.4) is 0 Å². The van der Waals surface area contributed by atoms with Gasteiger partial charge in [0.05, 0.1) is 6.04 Å². The van der Waals surface area contributed by atoms with E-state index in [-0.39, 0.29) is 17.6 Å². The van der Waals surface area contributed by atoms with Crippen LogP contribution in [-0.4, -0.2) is 14.5 Å². The molecule has 0 radical (unpaired) electrons. The minimum Gasteiger partial charge on any atom is -0.348 e. The second-order valence-electron chi connectivity index (χ2n) is 6.40. The molecule has 0 aliphatic carbocycles. The quantitative estimate of drug-likeness (QED) is 0.664. The normalized spacial score (nSPS) is 12.5. The minimum absolute atomic E-state index is 0.0155. The average molecular weight is 371 g/mol. The predicted octanol–water partition coefficient (Wildman–Crippen LogP) is 4.98. The van der Waals surface area contributed by atoms with Crippen LogP contribution in [0.25, 0.3) is 11.0 Å². The Morgan fingerprint density at radius 2 is 1.81 bits per heavy atom. The molecule has 0 amide bonds. The highest BCUT2D eigenvalue weighted by atomic mass is 35.5. The number of benzene rings is 1. The number of nitrogens with zero attached hydrogens (tertiary/aromatic N) is 3. The van der Waals surface area contributed by atoms with Crippen LogP contribution in [0.1, 0.15) is 51.3 Å². The van der Waals surface area contributed by atoms with Gasteiger partial charge in [-0.3, -0.25) is 9.36 Å². The monoisotopic (exact) mass is 370 g/mol. The van der Waals surface area contributed by atoms with E-state index in [0.717, 1.165) is 23.8 Å². The Morgan fingerprint density at radius 3 is 2.46 bits per heavy atom. The summed E-state index contributed by atoms with van der Waals surface area (Å²) in [6.07, 6.45) is 3.52. The maximum absolute atomic E-state index is 12.4. The Kier molecular flexibility index (Phi) is 5.57. The van der Waals surface area contributed by atoms with Crippen molar-refractivity contribution in [2.24, 2.45) is 0 Å². The maximum atomic E-state index is 12.4. The molecule has 1 unspecified atom stereocenters. The number of aromatic nitrogens is 3. The molecule has 136 valence electrons. The van der Waals surface area contributed by atoms with Gasteiger partial charge in [-0.25, -0.2) is 4.98 Å². The van der Waals surface area contributed by atoms with Gasteiger partial charge < -0.3 is 5.32 Å². The Labute approximate surface area is 158 Å². The van der Waals surface area contributed by atoms with E-state index < -0.39 is 0 Å². The highest BCUT2D eigenvalue weighted by molar-refractivity contribution is 6.30. The van der Waals surface area contributed by atoms with E-state index in [0.29, 0.717) is 16.6 Å². The van der Waals surface area contributed by atoms with Crippen molar-refractivity contribution >= 4 is 28.6 Å². The first kappa shape index (κ1) is 18.4. The zero-order chi connectivity index (χ0) is 18.7. The third-order valence-electron chi connectivity index (χ3n) is 4.69. The second kappa shape index (κ2) is 7.87. The van der Waals surface area contributed by atoms with Gasteiger partial charge in [0.1, 0.15) is 5.65 Å². The first-order valence-corrected chi connectivity index (χ1v) is 9.31. The van der Waals surface area contributed by atoms with Crippen LogP contribution < -0.4 is 10.9 Å². The summed E-state index contributed by atoms with van der Waals surface area (Å²) in [5.41, 5.74) is 1.73. The lowest BCUT2D eigenvalue weighted by molar-refractivity contribution is 0.470. The third-order valence-corrected chi connectivity index (χ3v) is 4.94. The molecule has 0 fully saturated rings. The molecule has 1 aromatic carbocycles. The van der Waals surface area contributed by atoms with Gasteiger partial charge in [-0.05, 0) is 43.5 Å². The molecule has 0 aliphatic heterocycles. The molecule has 0 saturated carbocycles. The number of pyridine rings is 1. The Morgan fingerprint density at radius 1 is 1.12 bits per heavy atom. The largest absolute Gasteiger partial charge is 0.348 e. The highest BCUT2D eigenvalue weighted by Gasteiger charge is 2.14. The summed E-state index contributed by atoms with van der Waals surface area (Å²) in [5, 5.41) is 4.88. The van der Waals surface area contributed by atoms with Crippen molar-refractivity contribution in [3.05, 3.63) is 63.5 Å². The van der Waals surface area contributed by atoms with Crippen LogP contribution in [0.4, 0.5) is 5.95 Å². The van der Waals surface area contributed by atoms with Crippen molar-refractivity contribution in [1.82, 2.24) is 14.5 Å². The van der Waals surface area contributed by atoms with E-state index in [1.165, 1.54) is 0 Å². The van der Waals surface area contributed by atoms with Crippen molar-refractivity contribution in [3.63, 3.8) is 0 Å². The van der Waals surface area contributed by atoms with E-state index in [1.54, 1.807) is 22.9 Å². The number of hydrogen-bond acceptors (Lipinski definition) is 4. The fourth-order valence-electron chi connectivity index (χ4n) is 3.14. The first-order valence-electron chi connectivity index (χ1n) is 8.93. The molecule has 2 heterocycles. The molecule has 0 aliphatic rings. The topological polar surface area (TPSA) is 59.8 Å². The Balaban J connectivity index is 1.98.